The van der Waals surface area contributed by atoms with E-state index < -0.39 is 0 Å². The van der Waals surface area contributed by atoms with Crippen molar-refractivity contribution < 1.29 is 4.79 Å². The Bertz CT molecular complexity index is 340. The normalized spacial score (nSPS) is 9.14. The van der Waals surface area contributed by atoms with Gasteiger partial charge < -0.3 is 4.90 Å². The number of aromatic nitrogens is 1. The first-order valence-corrected chi connectivity index (χ1v) is 4.43. The van der Waals surface area contributed by atoms with Crippen molar-refractivity contribution in [3.63, 3.8) is 0 Å². The number of nitrogens with zero attached hydrogens (tertiary/aromatic N) is 2. The van der Waals surface area contributed by atoms with Gasteiger partial charge in [0.1, 0.15) is 5.69 Å². The van der Waals surface area contributed by atoms with Crippen LogP contribution in [0.15, 0.2) is 24.4 Å². The maximum absolute atomic E-state index is 11.7. The van der Waals surface area contributed by atoms with E-state index in [4.69, 9.17) is 6.42 Å². The van der Waals surface area contributed by atoms with Crippen molar-refractivity contribution in [1.29, 1.82) is 0 Å². The molecule has 1 aromatic rings. The highest BCUT2D eigenvalue weighted by Gasteiger charge is 2.13. The molecule has 0 N–H and O–H groups in total. The van der Waals surface area contributed by atoms with Crippen LogP contribution in [0.5, 0.6) is 0 Å². The first kappa shape index (κ1) is 10.3. The van der Waals surface area contributed by atoms with Crippen LogP contribution in [0, 0.1) is 12.3 Å². The van der Waals surface area contributed by atoms with Crippen LogP contribution in [0.3, 0.4) is 0 Å². The minimum Gasteiger partial charge on any atom is -0.326 e. The molecule has 0 saturated heterocycles. The molecule has 0 unspecified atom stereocenters. The molecule has 0 radical (unpaired) electrons. The van der Waals surface area contributed by atoms with Gasteiger partial charge in [0.2, 0.25) is 0 Å². The Balaban J connectivity index is 2.79. The molecule has 3 heteroatoms. The third-order valence-corrected chi connectivity index (χ3v) is 1.84. The number of carbonyl (C=O) groups excluding carboxylic acids is 1. The molecule has 1 aromatic heterocycles. The Morgan fingerprint density at radius 3 is 2.93 bits per heavy atom. The number of terminal acetylenes is 1. The summed E-state index contributed by atoms with van der Waals surface area (Å²) >= 11 is 0. The summed E-state index contributed by atoms with van der Waals surface area (Å²) in [5, 5.41) is 0. The molecule has 72 valence electrons. The Kier molecular flexibility index (Phi) is 3.69. The third kappa shape index (κ3) is 2.33. The van der Waals surface area contributed by atoms with E-state index in [1.807, 2.05) is 6.92 Å². The summed E-state index contributed by atoms with van der Waals surface area (Å²) in [6.45, 7) is 2.81. The lowest BCUT2D eigenvalue weighted by molar-refractivity contribution is 0.0779. The summed E-state index contributed by atoms with van der Waals surface area (Å²) in [5.74, 6) is 2.33. The van der Waals surface area contributed by atoms with Crippen molar-refractivity contribution in [2.75, 3.05) is 13.1 Å². The zero-order valence-electron chi connectivity index (χ0n) is 8.10. The highest BCUT2D eigenvalue weighted by molar-refractivity contribution is 5.92. The summed E-state index contributed by atoms with van der Waals surface area (Å²) in [6.07, 6.45) is 6.75. The lowest BCUT2D eigenvalue weighted by atomic mass is 10.3. The highest BCUT2D eigenvalue weighted by Crippen LogP contribution is 2.00. The number of rotatable bonds is 3. The van der Waals surface area contributed by atoms with Gasteiger partial charge in [-0.2, -0.15) is 0 Å². The second-order valence-corrected chi connectivity index (χ2v) is 2.74. The van der Waals surface area contributed by atoms with Gasteiger partial charge in [-0.25, -0.2) is 0 Å². The highest BCUT2D eigenvalue weighted by atomic mass is 16.2. The zero-order chi connectivity index (χ0) is 10.4. The molecule has 0 aliphatic carbocycles. The Morgan fingerprint density at radius 1 is 1.64 bits per heavy atom. The van der Waals surface area contributed by atoms with Gasteiger partial charge in [0.05, 0.1) is 6.54 Å². The summed E-state index contributed by atoms with van der Waals surface area (Å²) in [5.41, 5.74) is 0.435. The monoisotopic (exact) mass is 188 g/mol. The lowest BCUT2D eigenvalue weighted by Crippen LogP contribution is -2.31. The predicted molar refractivity (Wildman–Crippen MR) is 54.6 cm³/mol. The van der Waals surface area contributed by atoms with Gasteiger partial charge in [-0.15, -0.1) is 6.42 Å². The molecule has 0 aliphatic heterocycles. The fraction of sp³-hybridized carbons (Fsp3) is 0.273. The second kappa shape index (κ2) is 5.03. The fourth-order valence-electron chi connectivity index (χ4n) is 1.09. The number of amides is 1. The summed E-state index contributed by atoms with van der Waals surface area (Å²) in [7, 11) is 0. The van der Waals surface area contributed by atoms with Crippen LogP contribution >= 0.6 is 0 Å². The molecule has 0 atom stereocenters. The topological polar surface area (TPSA) is 33.2 Å². The molecule has 3 nitrogen and oxygen atoms in total. The molecular weight excluding hydrogens is 176 g/mol. The van der Waals surface area contributed by atoms with E-state index in [0.29, 0.717) is 18.8 Å². The average molecular weight is 188 g/mol. The number of hydrogen-bond acceptors (Lipinski definition) is 2. The van der Waals surface area contributed by atoms with Crippen LogP contribution in [0.1, 0.15) is 17.4 Å². The van der Waals surface area contributed by atoms with Gasteiger partial charge in [0.15, 0.2) is 0 Å². The van der Waals surface area contributed by atoms with Crippen LogP contribution in [-0.2, 0) is 0 Å². The minimum atomic E-state index is -0.119. The number of hydrogen-bond donors (Lipinski definition) is 0. The smallest absolute Gasteiger partial charge is 0.273 e. The largest absolute Gasteiger partial charge is 0.326 e. The van der Waals surface area contributed by atoms with E-state index in [2.05, 4.69) is 10.9 Å². The van der Waals surface area contributed by atoms with Gasteiger partial charge in [-0.05, 0) is 19.1 Å². The van der Waals surface area contributed by atoms with Crippen molar-refractivity contribution in [3.05, 3.63) is 30.1 Å². The molecule has 0 aromatic carbocycles. The van der Waals surface area contributed by atoms with E-state index in [0.717, 1.165) is 0 Å². The Morgan fingerprint density at radius 2 is 2.43 bits per heavy atom. The fourth-order valence-corrected chi connectivity index (χ4v) is 1.09. The maximum Gasteiger partial charge on any atom is 0.273 e. The van der Waals surface area contributed by atoms with Gasteiger partial charge in [-0.1, -0.05) is 12.0 Å². The van der Waals surface area contributed by atoms with Crippen molar-refractivity contribution in [1.82, 2.24) is 9.88 Å². The Hall–Kier alpha value is -1.82. The molecule has 14 heavy (non-hydrogen) atoms. The summed E-state index contributed by atoms with van der Waals surface area (Å²) in [4.78, 5) is 17.3. The maximum atomic E-state index is 11.7. The molecule has 0 aliphatic rings. The van der Waals surface area contributed by atoms with E-state index in [9.17, 15) is 4.79 Å². The molecule has 1 heterocycles. The number of pyridine rings is 1. The van der Waals surface area contributed by atoms with Crippen LogP contribution in [0.4, 0.5) is 0 Å². The molecule has 0 saturated carbocycles. The first-order valence-electron chi connectivity index (χ1n) is 4.43. The standard InChI is InChI=1S/C11H12N2O/c1-3-9-13(4-2)11(14)10-7-5-6-8-12-10/h1,5-8H,4,9H2,2H3. The van der Waals surface area contributed by atoms with Crippen molar-refractivity contribution in [3.8, 4) is 12.3 Å². The van der Waals surface area contributed by atoms with E-state index in [-0.39, 0.29) is 5.91 Å². The molecule has 0 spiro atoms. The SMILES string of the molecule is C#CCN(CC)C(=O)c1ccccn1. The predicted octanol–water partition coefficient (Wildman–Crippen LogP) is 1.18. The summed E-state index contributed by atoms with van der Waals surface area (Å²) in [6, 6.07) is 5.24. The van der Waals surface area contributed by atoms with Crippen LogP contribution < -0.4 is 0 Å². The van der Waals surface area contributed by atoms with Crippen LogP contribution in [-0.4, -0.2) is 28.9 Å². The molecule has 0 fully saturated rings. The average Bonchev–Trinajstić information content (AvgIpc) is 2.26. The zero-order valence-corrected chi connectivity index (χ0v) is 8.10. The molecule has 0 bridgehead atoms. The third-order valence-electron chi connectivity index (χ3n) is 1.84. The van der Waals surface area contributed by atoms with E-state index in [1.165, 1.54) is 0 Å². The molecule has 1 rings (SSSR count). The molecule has 1 amide bonds. The quantitative estimate of drug-likeness (QED) is 0.667. The lowest BCUT2D eigenvalue weighted by Gasteiger charge is -2.16. The Labute approximate surface area is 83.8 Å². The van der Waals surface area contributed by atoms with Crippen LogP contribution in [0.2, 0.25) is 0 Å². The van der Waals surface area contributed by atoms with Crippen molar-refractivity contribution in [2.45, 2.75) is 6.92 Å². The number of carbonyl (C=O) groups is 1. The van der Waals surface area contributed by atoms with Crippen LogP contribution in [0.25, 0.3) is 0 Å². The van der Waals surface area contributed by atoms with Crippen molar-refractivity contribution >= 4 is 5.91 Å². The van der Waals surface area contributed by atoms with E-state index >= 15 is 0 Å². The van der Waals surface area contributed by atoms with Gasteiger partial charge in [0.25, 0.3) is 5.91 Å². The van der Waals surface area contributed by atoms with Crippen molar-refractivity contribution in [2.24, 2.45) is 0 Å². The second-order valence-electron chi connectivity index (χ2n) is 2.74. The van der Waals surface area contributed by atoms with Gasteiger partial charge in [-0.3, -0.25) is 9.78 Å². The van der Waals surface area contributed by atoms with E-state index in [1.54, 1.807) is 29.3 Å². The first-order chi connectivity index (χ1) is 6.79. The van der Waals surface area contributed by atoms with Gasteiger partial charge in [0, 0.05) is 12.7 Å². The van der Waals surface area contributed by atoms with Gasteiger partial charge >= 0.3 is 0 Å². The molecular formula is C11H12N2O. The minimum absolute atomic E-state index is 0.119. The summed E-state index contributed by atoms with van der Waals surface area (Å²) < 4.78 is 0.